The fourth-order valence-electron chi connectivity index (χ4n) is 2.73. The van der Waals surface area contributed by atoms with Crippen LogP contribution in [0.2, 0.25) is 0 Å². The van der Waals surface area contributed by atoms with Crippen LogP contribution in [0.1, 0.15) is 16.1 Å². The van der Waals surface area contributed by atoms with E-state index in [0.29, 0.717) is 22.3 Å². The largest absolute Gasteiger partial charge is 0.289 e. The number of pyridine rings is 1. The van der Waals surface area contributed by atoms with Crippen molar-refractivity contribution in [2.24, 2.45) is 0 Å². The number of carbonyl (C=O) groups is 1. The number of carbonyl (C=O) groups excluding carboxylic acids is 1. The number of rotatable bonds is 4. The molecule has 26 heavy (non-hydrogen) atoms. The topological polar surface area (TPSA) is 90.9 Å². The molecule has 2 aromatic carbocycles. The second kappa shape index (κ2) is 6.21. The maximum Gasteiger partial charge on any atom is 0.289 e. The number of nitrogens with zero attached hydrogens (tertiary/aromatic N) is 4. The van der Waals surface area contributed by atoms with Gasteiger partial charge in [0.1, 0.15) is 17.2 Å². The zero-order valence-electron chi connectivity index (χ0n) is 13.4. The molecule has 0 spiro atoms. The van der Waals surface area contributed by atoms with Gasteiger partial charge in [0.2, 0.25) is 5.78 Å². The average Bonchev–Trinajstić information content (AvgIpc) is 3.07. The lowest BCUT2D eigenvalue weighted by molar-refractivity contribution is -0.385. The lowest BCUT2D eigenvalue weighted by Crippen LogP contribution is -2.04. The van der Waals surface area contributed by atoms with Crippen molar-refractivity contribution in [1.29, 1.82) is 0 Å². The van der Waals surface area contributed by atoms with Gasteiger partial charge < -0.3 is 0 Å². The molecular weight excluding hydrogens is 332 g/mol. The minimum Gasteiger partial charge on any atom is -0.287 e. The van der Waals surface area contributed by atoms with Crippen LogP contribution in [0.5, 0.6) is 0 Å². The number of hydrogen-bond donors (Lipinski definition) is 0. The zero-order chi connectivity index (χ0) is 18.1. The van der Waals surface area contributed by atoms with E-state index in [1.165, 1.54) is 10.7 Å². The second-order valence-electron chi connectivity index (χ2n) is 5.61. The number of hydrogen-bond acceptors (Lipinski definition) is 5. The summed E-state index contributed by atoms with van der Waals surface area (Å²) in [4.78, 5) is 27.6. The van der Waals surface area contributed by atoms with Crippen LogP contribution in [0, 0.1) is 10.1 Å². The monoisotopic (exact) mass is 344 g/mol. The fraction of sp³-hybridized carbons (Fsp3) is 0. The Labute approximate surface area is 147 Å². The molecule has 0 atom stereocenters. The van der Waals surface area contributed by atoms with E-state index in [1.807, 2.05) is 36.4 Å². The molecule has 4 aromatic rings. The Morgan fingerprint density at radius 2 is 1.65 bits per heavy atom. The van der Waals surface area contributed by atoms with Crippen LogP contribution >= 0.6 is 0 Å². The zero-order valence-corrected chi connectivity index (χ0v) is 13.4. The Morgan fingerprint density at radius 1 is 1.00 bits per heavy atom. The first-order valence-corrected chi connectivity index (χ1v) is 7.83. The molecule has 2 aromatic heterocycles. The molecule has 2 heterocycles. The van der Waals surface area contributed by atoms with Gasteiger partial charge in [0.15, 0.2) is 5.69 Å². The molecule has 0 unspecified atom stereocenters. The summed E-state index contributed by atoms with van der Waals surface area (Å²) >= 11 is 0. The van der Waals surface area contributed by atoms with Gasteiger partial charge >= 0.3 is 0 Å². The summed E-state index contributed by atoms with van der Waals surface area (Å²) in [5, 5.41) is 15.5. The van der Waals surface area contributed by atoms with Gasteiger partial charge in [-0.2, -0.15) is 5.10 Å². The highest BCUT2D eigenvalue weighted by atomic mass is 16.6. The smallest absolute Gasteiger partial charge is 0.287 e. The number of ketones is 1. The molecule has 0 aliphatic rings. The van der Waals surface area contributed by atoms with Crippen molar-refractivity contribution in [2.45, 2.75) is 0 Å². The number of benzene rings is 2. The Bertz CT molecular complexity index is 1120. The Kier molecular flexibility index (Phi) is 3.74. The van der Waals surface area contributed by atoms with Crippen molar-refractivity contribution in [2.75, 3.05) is 0 Å². The van der Waals surface area contributed by atoms with Gasteiger partial charge in [-0.3, -0.25) is 14.9 Å². The molecule has 7 nitrogen and oxygen atoms in total. The van der Waals surface area contributed by atoms with Crippen molar-refractivity contribution in [3.8, 4) is 5.69 Å². The molecule has 4 rings (SSSR count). The first-order chi connectivity index (χ1) is 12.6. The highest BCUT2D eigenvalue weighted by Gasteiger charge is 2.22. The molecule has 0 N–H and O–H groups in total. The minimum absolute atomic E-state index is 0.157. The van der Waals surface area contributed by atoms with Gasteiger partial charge in [0.05, 0.1) is 10.6 Å². The second-order valence-corrected chi connectivity index (χ2v) is 5.61. The lowest BCUT2D eigenvalue weighted by Gasteiger charge is -2.02. The van der Waals surface area contributed by atoms with Crippen molar-refractivity contribution in [3.05, 3.63) is 94.3 Å². The first kappa shape index (κ1) is 15.6. The number of para-hydroxylation sites is 1. The molecule has 0 saturated carbocycles. The van der Waals surface area contributed by atoms with Crippen molar-refractivity contribution >= 4 is 22.5 Å². The summed E-state index contributed by atoms with van der Waals surface area (Å²) in [6.07, 6.45) is 1.14. The molecule has 0 amide bonds. The van der Waals surface area contributed by atoms with E-state index < -0.39 is 4.92 Å². The van der Waals surface area contributed by atoms with Crippen LogP contribution in [0.4, 0.5) is 5.69 Å². The van der Waals surface area contributed by atoms with E-state index in [-0.39, 0.29) is 17.2 Å². The van der Waals surface area contributed by atoms with Crippen molar-refractivity contribution in [3.63, 3.8) is 0 Å². The summed E-state index contributed by atoms with van der Waals surface area (Å²) < 4.78 is 1.51. The Balaban J connectivity index is 1.97. The van der Waals surface area contributed by atoms with E-state index in [2.05, 4.69) is 10.1 Å². The summed E-state index contributed by atoms with van der Waals surface area (Å²) in [5.74, 6) is -0.286. The predicted molar refractivity (Wildman–Crippen MR) is 95.4 cm³/mol. The van der Waals surface area contributed by atoms with E-state index in [9.17, 15) is 14.9 Å². The molecular formula is C19H12N4O3. The third-order valence-electron chi connectivity index (χ3n) is 3.97. The lowest BCUT2D eigenvalue weighted by atomic mass is 10.1. The highest BCUT2D eigenvalue weighted by molar-refractivity contribution is 6.14. The van der Waals surface area contributed by atoms with Gasteiger partial charge in [-0.05, 0) is 12.1 Å². The first-order valence-electron chi connectivity index (χ1n) is 7.83. The fourth-order valence-corrected chi connectivity index (χ4v) is 2.73. The number of fused-ring (bicyclic) bond motifs is 1. The van der Waals surface area contributed by atoms with Gasteiger partial charge in [-0.1, -0.05) is 48.5 Å². The molecule has 0 saturated heterocycles. The van der Waals surface area contributed by atoms with Gasteiger partial charge in [0.25, 0.3) is 5.69 Å². The van der Waals surface area contributed by atoms with Crippen LogP contribution < -0.4 is 0 Å². The van der Waals surface area contributed by atoms with Crippen LogP contribution in [0.25, 0.3) is 16.7 Å². The molecule has 0 radical (unpaired) electrons. The maximum atomic E-state index is 12.9. The summed E-state index contributed by atoms with van der Waals surface area (Å²) in [5.41, 5.74) is 1.90. The highest BCUT2D eigenvalue weighted by Crippen LogP contribution is 2.25. The van der Waals surface area contributed by atoms with E-state index in [1.54, 1.807) is 24.3 Å². The van der Waals surface area contributed by atoms with Gasteiger partial charge in [0, 0.05) is 11.6 Å². The van der Waals surface area contributed by atoms with Gasteiger partial charge in [-0.15, -0.1) is 0 Å². The van der Waals surface area contributed by atoms with Crippen LogP contribution in [0.3, 0.4) is 0 Å². The van der Waals surface area contributed by atoms with Crippen LogP contribution in [-0.4, -0.2) is 25.5 Å². The molecule has 0 aliphatic heterocycles. The Morgan fingerprint density at radius 3 is 2.31 bits per heavy atom. The standard InChI is InChI=1S/C19H12N4O3/c24-19(13-7-3-1-4-8-13)18-17-16(11-15(12-20-17)23(25)26)22(21-18)14-9-5-2-6-10-14/h1-12H. The SMILES string of the molecule is O=C(c1ccccc1)c1nn(-c2ccccc2)c2cc([N+](=O)[O-])cnc12. The maximum absolute atomic E-state index is 12.9. The summed E-state index contributed by atoms with van der Waals surface area (Å²) in [6, 6.07) is 19.2. The van der Waals surface area contributed by atoms with E-state index in [4.69, 9.17) is 0 Å². The average molecular weight is 344 g/mol. The van der Waals surface area contributed by atoms with Gasteiger partial charge in [-0.25, -0.2) is 9.67 Å². The molecule has 126 valence electrons. The number of nitro groups is 1. The molecule has 0 bridgehead atoms. The third-order valence-corrected chi connectivity index (χ3v) is 3.97. The molecule has 0 aliphatic carbocycles. The molecule has 7 heteroatoms. The Hall–Kier alpha value is -3.87. The quantitative estimate of drug-likeness (QED) is 0.321. The summed E-state index contributed by atoms with van der Waals surface area (Å²) in [7, 11) is 0. The van der Waals surface area contributed by atoms with Crippen LogP contribution in [-0.2, 0) is 0 Å². The number of aromatic nitrogens is 3. The van der Waals surface area contributed by atoms with E-state index in [0.717, 1.165) is 6.20 Å². The predicted octanol–water partition coefficient (Wildman–Crippen LogP) is 3.56. The van der Waals surface area contributed by atoms with Crippen molar-refractivity contribution in [1.82, 2.24) is 14.8 Å². The van der Waals surface area contributed by atoms with E-state index >= 15 is 0 Å². The third kappa shape index (κ3) is 2.61. The van der Waals surface area contributed by atoms with Crippen molar-refractivity contribution < 1.29 is 9.72 Å². The van der Waals surface area contributed by atoms with Crippen LogP contribution in [0.15, 0.2) is 72.9 Å². The normalized spacial score (nSPS) is 10.8. The summed E-state index contributed by atoms with van der Waals surface area (Å²) in [6.45, 7) is 0. The molecule has 0 fully saturated rings. The minimum atomic E-state index is -0.520.